The molecule has 0 aliphatic carbocycles. The number of tetrazole rings is 1. The van der Waals surface area contributed by atoms with Gasteiger partial charge in [0.15, 0.2) is 11.5 Å². The zero-order valence-electron chi connectivity index (χ0n) is 10.5. The minimum atomic E-state index is -0.346. The molecular weight excluding hydrogens is 250 g/mol. The van der Waals surface area contributed by atoms with E-state index in [0.29, 0.717) is 12.3 Å². The van der Waals surface area contributed by atoms with Gasteiger partial charge >= 0.3 is 0 Å². The lowest BCUT2D eigenvalue weighted by atomic mass is 10.2. The van der Waals surface area contributed by atoms with Crippen LogP contribution in [-0.2, 0) is 6.54 Å². The van der Waals surface area contributed by atoms with Crippen molar-refractivity contribution in [3.8, 4) is 11.5 Å². The lowest BCUT2D eigenvalue weighted by Gasteiger charge is -2.15. The Morgan fingerprint density at radius 2 is 2.32 bits per heavy atom. The summed E-state index contributed by atoms with van der Waals surface area (Å²) in [5, 5.41) is 22.3. The zero-order chi connectivity index (χ0) is 13.8. The molecule has 8 nitrogen and oxygen atoms in total. The maximum Gasteiger partial charge on any atom is 0.295 e. The molecule has 8 heteroatoms. The van der Waals surface area contributed by atoms with Crippen LogP contribution < -0.4 is 4.74 Å². The van der Waals surface area contributed by atoms with Crippen LogP contribution in [-0.4, -0.2) is 50.7 Å². The summed E-state index contributed by atoms with van der Waals surface area (Å²) in [6.07, 6.45) is 0. The highest BCUT2D eigenvalue weighted by atomic mass is 16.5. The number of phenols is 1. The van der Waals surface area contributed by atoms with Gasteiger partial charge in [0.25, 0.3) is 11.7 Å². The third-order valence-corrected chi connectivity index (χ3v) is 2.55. The molecule has 0 fully saturated rings. The summed E-state index contributed by atoms with van der Waals surface area (Å²) in [6.45, 7) is 0.337. The SMILES string of the molecule is COc1cc(CN(C)C(=O)c2nn[nH]n2)ccc1O. The van der Waals surface area contributed by atoms with Crippen molar-refractivity contribution in [3.05, 3.63) is 29.6 Å². The Morgan fingerprint density at radius 3 is 2.95 bits per heavy atom. The molecule has 2 N–H and O–H groups in total. The molecule has 0 spiro atoms. The van der Waals surface area contributed by atoms with Gasteiger partial charge in [-0.05, 0) is 22.9 Å². The van der Waals surface area contributed by atoms with Crippen LogP contribution in [0.15, 0.2) is 18.2 Å². The summed E-state index contributed by atoms with van der Waals surface area (Å²) < 4.78 is 5.01. The summed E-state index contributed by atoms with van der Waals surface area (Å²) in [6, 6.07) is 4.88. The quantitative estimate of drug-likeness (QED) is 0.815. The number of H-pyrrole nitrogens is 1. The number of aromatic amines is 1. The summed E-state index contributed by atoms with van der Waals surface area (Å²) >= 11 is 0. The first-order valence-electron chi connectivity index (χ1n) is 5.46. The fourth-order valence-electron chi connectivity index (χ4n) is 1.59. The van der Waals surface area contributed by atoms with Gasteiger partial charge in [-0.3, -0.25) is 4.79 Å². The van der Waals surface area contributed by atoms with Crippen LogP contribution in [0.25, 0.3) is 0 Å². The van der Waals surface area contributed by atoms with Crippen molar-refractivity contribution in [3.63, 3.8) is 0 Å². The molecule has 1 aromatic carbocycles. The van der Waals surface area contributed by atoms with Gasteiger partial charge in [0, 0.05) is 13.6 Å². The van der Waals surface area contributed by atoms with Crippen molar-refractivity contribution >= 4 is 5.91 Å². The number of aromatic nitrogens is 4. The summed E-state index contributed by atoms with van der Waals surface area (Å²) in [5.74, 6) is 0.0744. The number of carbonyl (C=O) groups is 1. The van der Waals surface area contributed by atoms with Crippen molar-refractivity contribution in [2.24, 2.45) is 0 Å². The van der Waals surface area contributed by atoms with Gasteiger partial charge in [-0.2, -0.15) is 5.21 Å². The third-order valence-electron chi connectivity index (χ3n) is 2.55. The number of nitrogens with one attached hydrogen (secondary N) is 1. The first-order chi connectivity index (χ1) is 9.11. The van der Waals surface area contributed by atoms with Crippen molar-refractivity contribution in [1.82, 2.24) is 25.5 Å². The third kappa shape index (κ3) is 2.79. The van der Waals surface area contributed by atoms with Crippen LogP contribution in [0.3, 0.4) is 0 Å². The highest BCUT2D eigenvalue weighted by Gasteiger charge is 2.16. The minimum absolute atomic E-state index is 0.00763. The van der Waals surface area contributed by atoms with Crippen molar-refractivity contribution in [2.75, 3.05) is 14.2 Å². The first-order valence-corrected chi connectivity index (χ1v) is 5.46. The van der Waals surface area contributed by atoms with Gasteiger partial charge in [0.05, 0.1) is 7.11 Å². The van der Waals surface area contributed by atoms with E-state index >= 15 is 0 Å². The predicted molar refractivity (Wildman–Crippen MR) is 64.6 cm³/mol. The molecule has 0 saturated heterocycles. The molecule has 2 aromatic rings. The molecule has 0 radical (unpaired) electrons. The average molecular weight is 263 g/mol. The van der Waals surface area contributed by atoms with Gasteiger partial charge in [-0.1, -0.05) is 6.07 Å². The molecule has 19 heavy (non-hydrogen) atoms. The zero-order valence-corrected chi connectivity index (χ0v) is 10.5. The fraction of sp³-hybridized carbons (Fsp3) is 0.273. The van der Waals surface area contributed by atoms with Crippen LogP contribution in [0.2, 0.25) is 0 Å². The Labute approximate surface area is 109 Å². The molecule has 0 saturated carbocycles. The number of hydrogen-bond donors (Lipinski definition) is 2. The van der Waals surface area contributed by atoms with Crippen LogP contribution in [0.5, 0.6) is 11.5 Å². The van der Waals surface area contributed by atoms with Crippen molar-refractivity contribution in [1.29, 1.82) is 0 Å². The number of methoxy groups -OCH3 is 1. The molecule has 1 heterocycles. The standard InChI is InChI=1S/C11H13N5O3/c1-16(11(18)10-12-14-15-13-10)6-7-3-4-8(17)9(5-7)19-2/h3-5,17H,6H2,1-2H3,(H,12,13,14,15). The molecule has 0 aliphatic heterocycles. The number of ether oxygens (including phenoxy) is 1. The number of carbonyl (C=O) groups excluding carboxylic acids is 1. The Kier molecular flexibility index (Phi) is 3.60. The Balaban J connectivity index is 2.10. The molecule has 0 aliphatic rings. The second-order valence-electron chi connectivity index (χ2n) is 3.90. The number of benzene rings is 1. The van der Waals surface area contributed by atoms with Gasteiger partial charge in [-0.25, -0.2) is 0 Å². The Morgan fingerprint density at radius 1 is 1.53 bits per heavy atom. The molecule has 100 valence electrons. The van der Waals surface area contributed by atoms with Gasteiger partial charge < -0.3 is 14.7 Å². The minimum Gasteiger partial charge on any atom is -0.504 e. The van der Waals surface area contributed by atoms with Crippen molar-refractivity contribution in [2.45, 2.75) is 6.54 Å². The van der Waals surface area contributed by atoms with E-state index in [-0.39, 0.29) is 17.5 Å². The number of nitrogens with zero attached hydrogens (tertiary/aromatic N) is 4. The number of rotatable bonds is 4. The molecule has 0 bridgehead atoms. The van der Waals surface area contributed by atoms with Crippen molar-refractivity contribution < 1.29 is 14.6 Å². The van der Waals surface area contributed by atoms with Crippen LogP contribution >= 0.6 is 0 Å². The van der Waals surface area contributed by atoms with Crippen LogP contribution in [0.1, 0.15) is 16.2 Å². The Bertz CT molecular complexity index is 570. The van der Waals surface area contributed by atoms with E-state index in [4.69, 9.17) is 4.74 Å². The highest BCUT2D eigenvalue weighted by Crippen LogP contribution is 2.26. The Hall–Kier alpha value is -2.64. The summed E-state index contributed by atoms with van der Waals surface area (Å²) in [5.41, 5.74) is 0.814. The number of amides is 1. The van der Waals surface area contributed by atoms with E-state index in [9.17, 15) is 9.90 Å². The fourth-order valence-corrected chi connectivity index (χ4v) is 1.59. The molecule has 1 aromatic heterocycles. The smallest absolute Gasteiger partial charge is 0.295 e. The lowest BCUT2D eigenvalue weighted by Crippen LogP contribution is -2.27. The maximum atomic E-state index is 11.9. The normalized spacial score (nSPS) is 10.2. The van der Waals surface area contributed by atoms with E-state index in [1.807, 2.05) is 0 Å². The van der Waals surface area contributed by atoms with Gasteiger partial charge in [0.2, 0.25) is 0 Å². The van der Waals surface area contributed by atoms with Crippen LogP contribution in [0.4, 0.5) is 0 Å². The van der Waals surface area contributed by atoms with E-state index in [1.165, 1.54) is 18.1 Å². The van der Waals surface area contributed by atoms with E-state index in [1.54, 1.807) is 19.2 Å². The van der Waals surface area contributed by atoms with Gasteiger partial charge in [0.1, 0.15) is 0 Å². The molecule has 0 unspecified atom stereocenters. The predicted octanol–water partition coefficient (Wildman–Crippen LogP) is 0.186. The monoisotopic (exact) mass is 263 g/mol. The highest BCUT2D eigenvalue weighted by molar-refractivity contribution is 5.89. The second-order valence-corrected chi connectivity index (χ2v) is 3.90. The van der Waals surface area contributed by atoms with E-state index in [0.717, 1.165) is 5.56 Å². The molecule has 2 rings (SSSR count). The number of hydrogen-bond acceptors (Lipinski definition) is 6. The number of phenolic OH excluding ortho intramolecular Hbond substituents is 1. The van der Waals surface area contributed by atoms with E-state index < -0.39 is 0 Å². The largest absolute Gasteiger partial charge is 0.504 e. The number of aromatic hydroxyl groups is 1. The molecule has 0 atom stereocenters. The maximum absolute atomic E-state index is 11.9. The summed E-state index contributed by atoms with van der Waals surface area (Å²) in [7, 11) is 3.09. The molecular formula is C11H13N5O3. The lowest BCUT2D eigenvalue weighted by molar-refractivity contribution is 0.0773. The topological polar surface area (TPSA) is 104 Å². The first kappa shape index (κ1) is 12.8. The average Bonchev–Trinajstić information content (AvgIpc) is 2.94. The van der Waals surface area contributed by atoms with Gasteiger partial charge in [-0.15, -0.1) is 10.2 Å². The van der Waals surface area contributed by atoms with E-state index in [2.05, 4.69) is 20.6 Å². The van der Waals surface area contributed by atoms with Crippen LogP contribution in [0, 0.1) is 0 Å². The second kappa shape index (κ2) is 5.34. The summed E-state index contributed by atoms with van der Waals surface area (Å²) in [4.78, 5) is 13.3. The molecule has 1 amide bonds.